The van der Waals surface area contributed by atoms with E-state index in [0.29, 0.717) is 18.3 Å². The van der Waals surface area contributed by atoms with Gasteiger partial charge in [0.1, 0.15) is 5.02 Å². The molecule has 2 aromatic rings. The Hall–Kier alpha value is -2.08. The molecule has 20 heavy (non-hydrogen) atoms. The summed E-state index contributed by atoms with van der Waals surface area (Å²) in [4.78, 5) is 10.3. The summed E-state index contributed by atoms with van der Waals surface area (Å²) in [6.07, 6.45) is 3.72. The number of nitrogens with one attached hydrogen (secondary N) is 1. The van der Waals surface area contributed by atoms with Gasteiger partial charge in [-0.2, -0.15) is 5.10 Å². The smallest absolute Gasteiger partial charge is 0.289 e. The van der Waals surface area contributed by atoms with Crippen molar-refractivity contribution in [2.45, 2.75) is 26.4 Å². The Labute approximate surface area is 121 Å². The fraction of sp³-hybridized carbons (Fsp3) is 0.308. The Bertz CT molecular complexity index is 625. The second-order valence-corrected chi connectivity index (χ2v) is 5.11. The first-order valence-electron chi connectivity index (χ1n) is 6.18. The van der Waals surface area contributed by atoms with Crippen molar-refractivity contribution in [1.82, 2.24) is 9.78 Å². The molecule has 7 heteroatoms. The molecule has 0 spiro atoms. The fourth-order valence-electron chi connectivity index (χ4n) is 1.72. The lowest BCUT2D eigenvalue weighted by molar-refractivity contribution is -0.384. The summed E-state index contributed by atoms with van der Waals surface area (Å²) >= 11 is 5.76. The van der Waals surface area contributed by atoms with E-state index in [1.807, 2.05) is 24.7 Å². The molecule has 2 rings (SSSR count). The summed E-state index contributed by atoms with van der Waals surface area (Å²) in [7, 11) is 0. The lowest BCUT2D eigenvalue weighted by atomic mass is 10.2. The Morgan fingerprint density at radius 3 is 2.85 bits per heavy atom. The van der Waals surface area contributed by atoms with Gasteiger partial charge in [0.05, 0.1) is 11.1 Å². The van der Waals surface area contributed by atoms with Gasteiger partial charge in [0.15, 0.2) is 0 Å². The van der Waals surface area contributed by atoms with Gasteiger partial charge < -0.3 is 5.32 Å². The number of benzene rings is 1. The molecule has 0 aliphatic carbocycles. The summed E-state index contributed by atoms with van der Waals surface area (Å²) in [5, 5.41) is 18.3. The molecule has 0 bridgehead atoms. The third kappa shape index (κ3) is 3.27. The zero-order valence-electron chi connectivity index (χ0n) is 11.2. The zero-order valence-corrected chi connectivity index (χ0v) is 12.0. The van der Waals surface area contributed by atoms with Crippen molar-refractivity contribution in [3.8, 4) is 0 Å². The number of hydrogen-bond acceptors (Lipinski definition) is 4. The molecule has 106 valence electrons. The maximum Gasteiger partial charge on any atom is 0.289 e. The summed E-state index contributed by atoms with van der Waals surface area (Å²) in [5.41, 5.74) is 1.56. The quantitative estimate of drug-likeness (QED) is 0.675. The molecule has 0 fully saturated rings. The maximum atomic E-state index is 10.8. The van der Waals surface area contributed by atoms with Gasteiger partial charge in [-0.3, -0.25) is 14.8 Å². The Morgan fingerprint density at radius 2 is 2.25 bits per heavy atom. The van der Waals surface area contributed by atoms with Crippen LogP contribution in [0, 0.1) is 10.1 Å². The minimum absolute atomic E-state index is 0.102. The number of nitrogens with zero attached hydrogens (tertiary/aromatic N) is 3. The standard InChI is InChI=1S/C13H15ClN4O2/c1-9(2)17-8-10(7-16-17)6-15-11-3-4-12(14)13(5-11)18(19)20/h3-5,7-9,15H,6H2,1-2H3. The molecular weight excluding hydrogens is 280 g/mol. The zero-order chi connectivity index (χ0) is 14.7. The predicted molar refractivity (Wildman–Crippen MR) is 78.0 cm³/mol. The van der Waals surface area contributed by atoms with Crippen molar-refractivity contribution in [3.63, 3.8) is 0 Å². The molecule has 1 heterocycles. The van der Waals surface area contributed by atoms with E-state index >= 15 is 0 Å². The molecule has 0 atom stereocenters. The molecule has 0 aliphatic heterocycles. The van der Waals surface area contributed by atoms with Gasteiger partial charge in [-0.25, -0.2) is 0 Å². The minimum atomic E-state index is -0.496. The SMILES string of the molecule is CC(C)n1cc(CNc2ccc(Cl)c([N+](=O)[O-])c2)cn1. The predicted octanol–water partition coefficient (Wildman–Crippen LogP) is 3.64. The van der Waals surface area contributed by atoms with E-state index in [4.69, 9.17) is 11.6 Å². The first-order chi connectivity index (χ1) is 9.47. The van der Waals surface area contributed by atoms with Crippen LogP contribution >= 0.6 is 11.6 Å². The van der Waals surface area contributed by atoms with Crippen LogP contribution in [0.5, 0.6) is 0 Å². The highest BCUT2D eigenvalue weighted by Crippen LogP contribution is 2.27. The Kier molecular flexibility index (Phi) is 4.24. The minimum Gasteiger partial charge on any atom is -0.381 e. The van der Waals surface area contributed by atoms with E-state index in [2.05, 4.69) is 10.4 Å². The average Bonchev–Trinajstić information content (AvgIpc) is 2.86. The molecule has 0 aliphatic rings. The van der Waals surface area contributed by atoms with Crippen LogP contribution < -0.4 is 5.32 Å². The maximum absolute atomic E-state index is 10.8. The van der Waals surface area contributed by atoms with Gasteiger partial charge in [0, 0.05) is 36.1 Å². The molecule has 0 radical (unpaired) electrons. The van der Waals surface area contributed by atoms with E-state index in [0.717, 1.165) is 5.56 Å². The van der Waals surface area contributed by atoms with Crippen LogP contribution in [0.3, 0.4) is 0 Å². The molecule has 0 unspecified atom stereocenters. The molecule has 0 saturated carbocycles. The van der Waals surface area contributed by atoms with Gasteiger partial charge in [-0.15, -0.1) is 0 Å². The molecule has 0 amide bonds. The third-order valence-electron chi connectivity index (χ3n) is 2.82. The molecular formula is C13H15ClN4O2. The van der Waals surface area contributed by atoms with Crippen LogP contribution in [0.25, 0.3) is 0 Å². The Balaban J connectivity index is 2.06. The summed E-state index contributed by atoms with van der Waals surface area (Å²) in [5.74, 6) is 0. The van der Waals surface area contributed by atoms with Crippen molar-refractivity contribution < 1.29 is 4.92 Å². The van der Waals surface area contributed by atoms with Gasteiger partial charge in [0.25, 0.3) is 5.69 Å². The average molecular weight is 295 g/mol. The van der Waals surface area contributed by atoms with Crippen LogP contribution in [-0.4, -0.2) is 14.7 Å². The second-order valence-electron chi connectivity index (χ2n) is 4.70. The van der Waals surface area contributed by atoms with E-state index in [1.165, 1.54) is 12.1 Å². The number of hydrogen-bond donors (Lipinski definition) is 1. The number of aromatic nitrogens is 2. The molecule has 1 aromatic heterocycles. The summed E-state index contributed by atoms with van der Waals surface area (Å²) in [6.45, 7) is 4.64. The van der Waals surface area contributed by atoms with Crippen LogP contribution in [0.15, 0.2) is 30.6 Å². The largest absolute Gasteiger partial charge is 0.381 e. The van der Waals surface area contributed by atoms with Crippen LogP contribution in [-0.2, 0) is 6.54 Å². The second kappa shape index (κ2) is 5.92. The van der Waals surface area contributed by atoms with Crippen molar-refractivity contribution in [1.29, 1.82) is 0 Å². The summed E-state index contributed by atoms with van der Waals surface area (Å²) in [6, 6.07) is 4.96. The topological polar surface area (TPSA) is 73.0 Å². The monoisotopic (exact) mass is 294 g/mol. The fourth-order valence-corrected chi connectivity index (χ4v) is 1.90. The van der Waals surface area contributed by atoms with Crippen molar-refractivity contribution in [2.24, 2.45) is 0 Å². The number of nitro benzene ring substituents is 1. The first kappa shape index (κ1) is 14.3. The van der Waals surface area contributed by atoms with Crippen molar-refractivity contribution in [3.05, 3.63) is 51.3 Å². The van der Waals surface area contributed by atoms with E-state index in [1.54, 1.807) is 12.3 Å². The highest BCUT2D eigenvalue weighted by Gasteiger charge is 2.12. The normalized spacial score (nSPS) is 10.8. The van der Waals surface area contributed by atoms with E-state index in [-0.39, 0.29) is 10.7 Å². The van der Waals surface area contributed by atoms with Crippen LogP contribution in [0.2, 0.25) is 5.02 Å². The van der Waals surface area contributed by atoms with E-state index in [9.17, 15) is 10.1 Å². The van der Waals surface area contributed by atoms with Gasteiger partial charge in [-0.05, 0) is 26.0 Å². The van der Waals surface area contributed by atoms with E-state index < -0.39 is 4.92 Å². The van der Waals surface area contributed by atoms with Crippen molar-refractivity contribution >= 4 is 23.0 Å². The number of rotatable bonds is 5. The summed E-state index contributed by atoms with van der Waals surface area (Å²) < 4.78 is 1.86. The van der Waals surface area contributed by atoms with Gasteiger partial charge in [-0.1, -0.05) is 11.6 Å². The van der Waals surface area contributed by atoms with Gasteiger partial charge in [0.2, 0.25) is 0 Å². The molecule has 0 saturated heterocycles. The number of anilines is 1. The molecule has 1 N–H and O–H groups in total. The first-order valence-corrected chi connectivity index (χ1v) is 6.56. The lowest BCUT2D eigenvalue weighted by Gasteiger charge is -2.06. The number of nitro groups is 1. The highest BCUT2D eigenvalue weighted by atomic mass is 35.5. The Morgan fingerprint density at radius 1 is 1.50 bits per heavy atom. The van der Waals surface area contributed by atoms with Crippen molar-refractivity contribution in [2.75, 3.05) is 5.32 Å². The third-order valence-corrected chi connectivity index (χ3v) is 3.14. The lowest BCUT2D eigenvalue weighted by Crippen LogP contribution is -2.01. The number of halogens is 1. The van der Waals surface area contributed by atoms with Crippen LogP contribution in [0.4, 0.5) is 11.4 Å². The van der Waals surface area contributed by atoms with Gasteiger partial charge >= 0.3 is 0 Å². The molecule has 1 aromatic carbocycles. The molecule has 6 nitrogen and oxygen atoms in total. The van der Waals surface area contributed by atoms with Crippen LogP contribution in [0.1, 0.15) is 25.5 Å². The highest BCUT2D eigenvalue weighted by molar-refractivity contribution is 6.32.